The zero-order chi connectivity index (χ0) is 15.5. The van der Waals surface area contributed by atoms with E-state index < -0.39 is 0 Å². The van der Waals surface area contributed by atoms with Crippen molar-refractivity contribution in [2.45, 2.75) is 38.3 Å². The monoisotopic (exact) mass is 308 g/mol. The fourth-order valence-electron chi connectivity index (χ4n) is 3.11. The first-order valence-electron chi connectivity index (χ1n) is 8.18. The number of nitrogens with zero attached hydrogens (tertiary/aromatic N) is 2. The molecule has 2 aromatic heterocycles. The molecule has 2 heterocycles. The van der Waals surface area contributed by atoms with Crippen LogP contribution in [0.5, 0.6) is 0 Å². The Morgan fingerprint density at radius 3 is 2.74 bits per heavy atom. The van der Waals surface area contributed by atoms with Crippen molar-refractivity contribution in [2.24, 2.45) is 0 Å². The molecule has 4 rings (SSSR count). The van der Waals surface area contributed by atoms with Crippen molar-refractivity contribution in [1.29, 1.82) is 0 Å². The van der Waals surface area contributed by atoms with Crippen LogP contribution in [0.3, 0.4) is 0 Å². The zero-order valence-corrected chi connectivity index (χ0v) is 13.0. The van der Waals surface area contributed by atoms with E-state index in [1.165, 1.54) is 25.7 Å². The molecule has 1 aromatic carbocycles. The first kappa shape index (κ1) is 14.1. The number of benzene rings is 1. The van der Waals surface area contributed by atoms with Crippen LogP contribution in [-0.4, -0.2) is 16.0 Å². The summed E-state index contributed by atoms with van der Waals surface area (Å²) < 4.78 is 5.38. The quantitative estimate of drug-likeness (QED) is 0.740. The third-order valence-corrected chi connectivity index (χ3v) is 4.30. The number of fused-ring (bicyclic) bond motifs is 1. The summed E-state index contributed by atoms with van der Waals surface area (Å²) in [6.45, 7) is 0.608. The molecule has 1 aliphatic rings. The first-order valence-corrected chi connectivity index (χ1v) is 8.18. The van der Waals surface area contributed by atoms with Crippen LogP contribution in [0.2, 0.25) is 0 Å². The third-order valence-electron chi connectivity index (χ3n) is 4.30. The van der Waals surface area contributed by atoms with Crippen molar-refractivity contribution in [1.82, 2.24) is 9.97 Å². The van der Waals surface area contributed by atoms with E-state index in [0.717, 1.165) is 22.5 Å². The molecule has 1 fully saturated rings. The van der Waals surface area contributed by atoms with Crippen molar-refractivity contribution in [3.63, 3.8) is 0 Å². The van der Waals surface area contributed by atoms with Crippen molar-refractivity contribution in [3.05, 3.63) is 48.4 Å². The third kappa shape index (κ3) is 3.13. The Hall–Kier alpha value is -2.56. The van der Waals surface area contributed by atoms with Crippen LogP contribution in [0.25, 0.3) is 10.9 Å². The SMILES string of the molecule is c1coc(CNc2nc(NC3CCCC3)nc3ccccc23)c1. The summed E-state index contributed by atoms with van der Waals surface area (Å²) in [5, 5.41) is 7.88. The van der Waals surface area contributed by atoms with Gasteiger partial charge in [0, 0.05) is 11.4 Å². The zero-order valence-electron chi connectivity index (χ0n) is 13.0. The lowest BCUT2D eigenvalue weighted by molar-refractivity contribution is 0.518. The van der Waals surface area contributed by atoms with Gasteiger partial charge in [0.1, 0.15) is 11.6 Å². The molecule has 5 nitrogen and oxygen atoms in total. The molecule has 5 heteroatoms. The van der Waals surface area contributed by atoms with Crippen LogP contribution in [0.1, 0.15) is 31.4 Å². The molecule has 0 saturated heterocycles. The van der Waals surface area contributed by atoms with Crippen molar-refractivity contribution in [2.75, 3.05) is 10.6 Å². The molecule has 1 aliphatic carbocycles. The minimum atomic E-state index is 0.495. The number of anilines is 2. The molecular formula is C18H20N4O. The summed E-state index contributed by atoms with van der Waals surface area (Å²) in [5.41, 5.74) is 0.949. The fraction of sp³-hybridized carbons (Fsp3) is 0.333. The molecule has 0 unspecified atom stereocenters. The Kier molecular flexibility index (Phi) is 3.84. The molecule has 0 spiro atoms. The second-order valence-corrected chi connectivity index (χ2v) is 5.97. The Morgan fingerprint density at radius 1 is 1.04 bits per heavy atom. The Labute approximate surface area is 135 Å². The van der Waals surface area contributed by atoms with Crippen LogP contribution in [-0.2, 0) is 6.54 Å². The Bertz CT molecular complexity index is 779. The average Bonchev–Trinajstić information content (AvgIpc) is 3.26. The topological polar surface area (TPSA) is 63.0 Å². The van der Waals surface area contributed by atoms with Gasteiger partial charge in [0.15, 0.2) is 0 Å². The number of furan rings is 1. The van der Waals surface area contributed by atoms with Crippen LogP contribution in [0.15, 0.2) is 47.1 Å². The van der Waals surface area contributed by atoms with Gasteiger partial charge in [0.05, 0.1) is 18.3 Å². The van der Waals surface area contributed by atoms with Crippen LogP contribution < -0.4 is 10.6 Å². The molecule has 0 bridgehead atoms. The van der Waals surface area contributed by atoms with E-state index >= 15 is 0 Å². The molecule has 0 atom stereocenters. The molecule has 0 aliphatic heterocycles. The number of rotatable bonds is 5. The van der Waals surface area contributed by atoms with E-state index in [1.807, 2.05) is 36.4 Å². The van der Waals surface area contributed by atoms with E-state index in [2.05, 4.69) is 20.6 Å². The molecular weight excluding hydrogens is 288 g/mol. The van der Waals surface area contributed by atoms with Crippen molar-refractivity contribution >= 4 is 22.7 Å². The predicted molar refractivity (Wildman–Crippen MR) is 91.5 cm³/mol. The van der Waals surface area contributed by atoms with Gasteiger partial charge in [-0.1, -0.05) is 25.0 Å². The van der Waals surface area contributed by atoms with Gasteiger partial charge in [0.2, 0.25) is 5.95 Å². The predicted octanol–water partition coefficient (Wildman–Crippen LogP) is 4.19. The molecule has 3 aromatic rings. The molecule has 23 heavy (non-hydrogen) atoms. The van der Waals surface area contributed by atoms with Gasteiger partial charge in [-0.15, -0.1) is 0 Å². The maximum Gasteiger partial charge on any atom is 0.225 e. The van der Waals surface area contributed by atoms with Crippen LogP contribution in [0.4, 0.5) is 11.8 Å². The summed E-state index contributed by atoms with van der Waals surface area (Å²) in [5.74, 6) is 2.43. The van der Waals surface area contributed by atoms with Crippen molar-refractivity contribution in [3.8, 4) is 0 Å². The minimum absolute atomic E-state index is 0.495. The van der Waals surface area contributed by atoms with Crippen LogP contribution >= 0.6 is 0 Å². The van der Waals surface area contributed by atoms with Crippen LogP contribution in [0, 0.1) is 0 Å². The first-order chi connectivity index (χ1) is 11.4. The van der Waals surface area contributed by atoms with Gasteiger partial charge >= 0.3 is 0 Å². The maximum atomic E-state index is 5.38. The molecule has 2 N–H and O–H groups in total. The molecule has 1 saturated carbocycles. The average molecular weight is 308 g/mol. The highest BCUT2D eigenvalue weighted by molar-refractivity contribution is 5.90. The lowest BCUT2D eigenvalue weighted by atomic mass is 10.2. The minimum Gasteiger partial charge on any atom is -0.467 e. The molecule has 0 radical (unpaired) electrons. The summed E-state index contributed by atoms with van der Waals surface area (Å²) in [4.78, 5) is 9.35. The highest BCUT2D eigenvalue weighted by Crippen LogP contribution is 2.25. The summed E-state index contributed by atoms with van der Waals surface area (Å²) in [7, 11) is 0. The molecule has 0 amide bonds. The fourth-order valence-corrected chi connectivity index (χ4v) is 3.11. The van der Waals surface area contributed by atoms with E-state index in [0.29, 0.717) is 18.5 Å². The highest BCUT2D eigenvalue weighted by Gasteiger charge is 2.16. The lowest BCUT2D eigenvalue weighted by Crippen LogP contribution is -2.17. The van der Waals surface area contributed by atoms with Gasteiger partial charge < -0.3 is 15.1 Å². The van der Waals surface area contributed by atoms with Gasteiger partial charge in [0.25, 0.3) is 0 Å². The largest absolute Gasteiger partial charge is 0.467 e. The van der Waals surface area contributed by atoms with Gasteiger partial charge in [-0.05, 0) is 37.1 Å². The van der Waals surface area contributed by atoms with E-state index in [4.69, 9.17) is 4.42 Å². The smallest absolute Gasteiger partial charge is 0.225 e. The van der Waals surface area contributed by atoms with E-state index in [1.54, 1.807) is 6.26 Å². The maximum absolute atomic E-state index is 5.38. The van der Waals surface area contributed by atoms with E-state index in [9.17, 15) is 0 Å². The van der Waals surface area contributed by atoms with Gasteiger partial charge in [-0.2, -0.15) is 4.98 Å². The summed E-state index contributed by atoms with van der Waals surface area (Å²) >= 11 is 0. The summed E-state index contributed by atoms with van der Waals surface area (Å²) in [6.07, 6.45) is 6.66. The standard InChI is InChI=1S/C18H20N4O/c1-2-7-13(6-1)20-18-21-16-10-4-3-9-15(16)17(22-18)19-12-14-8-5-11-23-14/h3-5,8-11,13H,1-2,6-7,12H2,(H2,19,20,21,22). The van der Waals surface area contributed by atoms with E-state index in [-0.39, 0.29) is 0 Å². The Balaban J connectivity index is 1.62. The number of nitrogens with one attached hydrogen (secondary N) is 2. The van der Waals surface area contributed by atoms with Crippen molar-refractivity contribution < 1.29 is 4.42 Å². The number of aromatic nitrogens is 2. The number of para-hydroxylation sites is 1. The Morgan fingerprint density at radius 2 is 1.91 bits per heavy atom. The number of hydrogen-bond acceptors (Lipinski definition) is 5. The van der Waals surface area contributed by atoms with Gasteiger partial charge in [-0.25, -0.2) is 4.98 Å². The normalized spacial score (nSPS) is 15.1. The van der Waals surface area contributed by atoms with Gasteiger partial charge in [-0.3, -0.25) is 0 Å². The molecule has 118 valence electrons. The highest BCUT2D eigenvalue weighted by atomic mass is 16.3. The lowest BCUT2D eigenvalue weighted by Gasteiger charge is -2.14. The summed E-state index contributed by atoms with van der Waals surface area (Å²) in [6, 6.07) is 12.4. The number of hydrogen-bond donors (Lipinski definition) is 2. The second-order valence-electron chi connectivity index (χ2n) is 5.97. The second kappa shape index (κ2) is 6.28.